The van der Waals surface area contributed by atoms with E-state index in [1.54, 1.807) is 0 Å². The molecule has 4 nitrogen and oxygen atoms in total. The van der Waals surface area contributed by atoms with Gasteiger partial charge in [-0.2, -0.15) is 0 Å². The Kier molecular flexibility index (Phi) is 2.44. The average molecular weight is 275 g/mol. The summed E-state index contributed by atoms with van der Waals surface area (Å²) in [7, 11) is 0. The van der Waals surface area contributed by atoms with Crippen molar-refractivity contribution in [1.29, 1.82) is 0 Å². The number of aryl methyl sites for hydroxylation is 1. The zero-order valence-corrected chi connectivity index (χ0v) is 11.5. The molecule has 1 heterocycles. The molecule has 21 heavy (non-hydrogen) atoms. The van der Waals surface area contributed by atoms with Gasteiger partial charge in [-0.05, 0) is 12.1 Å². The van der Waals surface area contributed by atoms with Crippen LogP contribution in [-0.4, -0.2) is 10.2 Å². The van der Waals surface area contributed by atoms with E-state index >= 15 is 0 Å². The highest BCUT2D eigenvalue weighted by Crippen LogP contribution is 2.47. The van der Waals surface area contributed by atoms with Gasteiger partial charge in [-0.15, -0.1) is 4.91 Å². The lowest BCUT2D eigenvalue weighted by atomic mass is 10.0. The van der Waals surface area contributed by atoms with E-state index < -0.39 is 0 Å². The first-order valence-electron chi connectivity index (χ1n) is 6.80. The molecule has 0 atom stereocenters. The van der Waals surface area contributed by atoms with Gasteiger partial charge in [0.2, 0.25) is 0 Å². The highest BCUT2D eigenvalue weighted by Gasteiger charge is 2.24. The van der Waals surface area contributed by atoms with E-state index in [4.69, 9.17) is 0 Å². The van der Waals surface area contributed by atoms with E-state index in [9.17, 15) is 4.91 Å². The number of rotatable bonds is 2. The highest BCUT2D eigenvalue weighted by molar-refractivity contribution is 6.14. The molecule has 4 rings (SSSR count). The maximum atomic E-state index is 11.4. The maximum Gasteiger partial charge on any atom is 0.127 e. The van der Waals surface area contributed by atoms with E-state index in [1.807, 2.05) is 36.4 Å². The van der Waals surface area contributed by atoms with E-state index in [2.05, 4.69) is 34.4 Å². The second-order valence-corrected chi connectivity index (χ2v) is 5.23. The molecule has 4 heteroatoms. The van der Waals surface area contributed by atoms with Gasteiger partial charge in [-0.1, -0.05) is 54.1 Å². The maximum absolute atomic E-state index is 11.4. The van der Waals surface area contributed by atoms with E-state index in [-0.39, 0.29) is 0 Å². The summed E-state index contributed by atoms with van der Waals surface area (Å²) in [5.74, 6) is 0. The van der Waals surface area contributed by atoms with Gasteiger partial charge in [0.05, 0.1) is 17.0 Å². The third-order valence-electron chi connectivity index (χ3n) is 3.93. The Morgan fingerprint density at radius 1 is 0.857 bits per heavy atom. The smallest absolute Gasteiger partial charge is 0.127 e. The second-order valence-electron chi connectivity index (χ2n) is 5.23. The number of nitrogens with zero attached hydrogens (tertiary/aromatic N) is 1. The monoisotopic (exact) mass is 275 g/mol. The van der Waals surface area contributed by atoms with Crippen LogP contribution in [0.2, 0.25) is 0 Å². The number of nitrogens with one attached hydrogen (secondary N) is 2. The molecule has 0 saturated heterocycles. The molecule has 0 fully saturated rings. The van der Waals surface area contributed by atoms with Gasteiger partial charge in [-0.25, -0.2) is 0 Å². The highest BCUT2D eigenvalue weighted by atomic mass is 16.3. The fourth-order valence-electron chi connectivity index (χ4n) is 2.89. The van der Waals surface area contributed by atoms with Crippen molar-refractivity contribution in [2.24, 2.45) is 5.18 Å². The van der Waals surface area contributed by atoms with Crippen LogP contribution in [0.1, 0.15) is 5.56 Å². The number of hydrogen-bond donors (Lipinski definition) is 2. The van der Waals surface area contributed by atoms with Crippen molar-refractivity contribution in [2.45, 2.75) is 6.92 Å². The van der Waals surface area contributed by atoms with Crippen molar-refractivity contribution in [3.8, 4) is 22.5 Å². The number of benzene rings is 2. The minimum absolute atomic E-state index is 0.494. The number of aromatic nitrogens is 2. The molecule has 2 aliphatic rings. The first-order valence-corrected chi connectivity index (χ1v) is 6.80. The summed E-state index contributed by atoms with van der Waals surface area (Å²) in [6.45, 7) is 2.05. The lowest BCUT2D eigenvalue weighted by Gasteiger charge is -2.01. The van der Waals surface area contributed by atoms with Crippen molar-refractivity contribution in [3.63, 3.8) is 0 Å². The van der Waals surface area contributed by atoms with Crippen LogP contribution >= 0.6 is 0 Å². The molecule has 0 aromatic heterocycles. The predicted molar refractivity (Wildman–Crippen MR) is 84.9 cm³/mol. The van der Waals surface area contributed by atoms with E-state index in [1.165, 1.54) is 5.56 Å². The molecule has 1 aliphatic carbocycles. The molecule has 1 aliphatic heterocycles. The van der Waals surface area contributed by atoms with Crippen LogP contribution < -0.4 is 0 Å². The summed E-state index contributed by atoms with van der Waals surface area (Å²) in [4.78, 5) is 11.4. The van der Waals surface area contributed by atoms with Crippen molar-refractivity contribution in [2.75, 3.05) is 0 Å². The Bertz CT molecular complexity index is 915. The fraction of sp³-hybridized carbons (Fsp3) is 0.0588. The third-order valence-corrected chi connectivity index (χ3v) is 3.93. The lowest BCUT2D eigenvalue weighted by Crippen LogP contribution is -1.80. The molecule has 2 aromatic carbocycles. The van der Waals surface area contributed by atoms with Gasteiger partial charge in [-0.3, -0.25) is 10.2 Å². The molecule has 0 spiro atoms. The molecule has 0 bridgehead atoms. The van der Waals surface area contributed by atoms with Gasteiger partial charge in [0.1, 0.15) is 5.69 Å². The summed E-state index contributed by atoms with van der Waals surface area (Å²) in [6.07, 6.45) is 0. The molecule has 2 aromatic rings. The summed E-state index contributed by atoms with van der Waals surface area (Å²) >= 11 is 0. The van der Waals surface area contributed by atoms with Crippen LogP contribution in [0, 0.1) is 11.8 Å². The SMILES string of the molecule is Cc1ccc(-c2[nH][nH]c3c4ccccc4c(N=O)c2-3)cc1. The predicted octanol–water partition coefficient (Wildman–Crippen LogP) is 4.97. The van der Waals surface area contributed by atoms with Crippen LogP contribution in [0.25, 0.3) is 33.3 Å². The molecule has 102 valence electrons. The summed E-state index contributed by atoms with van der Waals surface area (Å²) < 4.78 is 0. The van der Waals surface area contributed by atoms with Gasteiger partial charge in [0, 0.05) is 16.3 Å². The fourth-order valence-corrected chi connectivity index (χ4v) is 2.89. The standard InChI is InChI=1S/C17H13N3O/c1-10-6-8-11(9-7-10)15-14-16(19-18-15)12-4-2-3-5-13(12)17(14)20-21/h2-9,18-19H,1H3. The van der Waals surface area contributed by atoms with Gasteiger partial charge in [0.25, 0.3) is 0 Å². The van der Waals surface area contributed by atoms with Crippen molar-refractivity contribution >= 4 is 16.5 Å². The first-order chi connectivity index (χ1) is 10.3. The molecule has 0 radical (unpaired) electrons. The molecule has 0 saturated carbocycles. The van der Waals surface area contributed by atoms with E-state index in [0.29, 0.717) is 5.69 Å². The second kappa shape index (κ2) is 4.31. The Labute approximate surface area is 121 Å². The van der Waals surface area contributed by atoms with Gasteiger partial charge >= 0.3 is 0 Å². The first kappa shape index (κ1) is 11.9. The van der Waals surface area contributed by atoms with Gasteiger partial charge < -0.3 is 0 Å². The van der Waals surface area contributed by atoms with Crippen LogP contribution in [0.4, 0.5) is 5.69 Å². The average Bonchev–Trinajstić information content (AvgIpc) is 3.06. The van der Waals surface area contributed by atoms with Crippen LogP contribution in [-0.2, 0) is 0 Å². The Morgan fingerprint density at radius 2 is 1.52 bits per heavy atom. The summed E-state index contributed by atoms with van der Waals surface area (Å²) in [5.41, 5.74) is 5.41. The quantitative estimate of drug-likeness (QED) is 0.498. The minimum Gasteiger partial charge on any atom is -0.299 e. The Morgan fingerprint density at radius 3 is 2.24 bits per heavy atom. The van der Waals surface area contributed by atoms with Crippen LogP contribution in [0.15, 0.2) is 53.7 Å². The topological polar surface area (TPSA) is 61.0 Å². The number of hydrogen-bond acceptors (Lipinski definition) is 2. The van der Waals surface area contributed by atoms with Crippen molar-refractivity contribution in [1.82, 2.24) is 10.2 Å². The number of aromatic amines is 2. The normalized spacial score (nSPS) is 11.3. The Hall–Kier alpha value is -2.88. The van der Waals surface area contributed by atoms with Crippen molar-refractivity contribution < 1.29 is 0 Å². The molecule has 2 N–H and O–H groups in total. The molecular formula is C17H13N3O. The lowest BCUT2D eigenvalue weighted by molar-refractivity contribution is 1.11. The van der Waals surface area contributed by atoms with Gasteiger partial charge in [0.15, 0.2) is 0 Å². The molecule has 0 amide bonds. The molecular weight excluding hydrogens is 262 g/mol. The zero-order chi connectivity index (χ0) is 14.4. The number of H-pyrrole nitrogens is 2. The Balaban J connectivity index is 2.06. The van der Waals surface area contributed by atoms with Crippen molar-refractivity contribution in [3.05, 3.63) is 59.0 Å². The number of nitroso groups, excluding NO2 is 1. The number of fused-ring (bicyclic) bond motifs is 3. The molecule has 0 unspecified atom stereocenters. The van der Waals surface area contributed by atoms with Crippen LogP contribution in [0.5, 0.6) is 0 Å². The van der Waals surface area contributed by atoms with E-state index in [0.717, 1.165) is 33.3 Å². The summed E-state index contributed by atoms with van der Waals surface area (Å²) in [5, 5.41) is 11.5. The zero-order valence-electron chi connectivity index (χ0n) is 11.5. The largest absolute Gasteiger partial charge is 0.299 e. The van der Waals surface area contributed by atoms with Crippen LogP contribution in [0.3, 0.4) is 0 Å². The third kappa shape index (κ3) is 1.62. The minimum atomic E-state index is 0.494. The summed E-state index contributed by atoms with van der Waals surface area (Å²) in [6, 6.07) is 16.0.